The van der Waals surface area contributed by atoms with E-state index in [2.05, 4.69) is 23.7 Å². The Morgan fingerprint density at radius 3 is 2.14 bits per heavy atom. The van der Waals surface area contributed by atoms with Gasteiger partial charge in [-0.15, -0.1) is 0 Å². The number of piperazine rings is 1. The van der Waals surface area contributed by atoms with Gasteiger partial charge >= 0.3 is 5.97 Å². The molecule has 0 bridgehead atoms. The molecule has 0 aromatic carbocycles. The van der Waals surface area contributed by atoms with Crippen molar-refractivity contribution in [3.05, 3.63) is 16.7 Å². The molecule has 1 aromatic rings. The summed E-state index contributed by atoms with van der Waals surface area (Å²) in [5.74, 6) is -0.171. The average Bonchev–Trinajstić information content (AvgIpc) is 2.67. The van der Waals surface area contributed by atoms with E-state index in [9.17, 15) is 9.90 Å². The maximum Gasteiger partial charge on any atom is 0.327 e. The first-order chi connectivity index (χ1) is 9.82. The third kappa shape index (κ3) is 3.22. The van der Waals surface area contributed by atoms with Gasteiger partial charge in [-0.05, 0) is 20.8 Å². The third-order valence-electron chi connectivity index (χ3n) is 4.21. The molecule has 1 unspecified atom stereocenters. The second-order valence-electron chi connectivity index (χ2n) is 5.80. The van der Waals surface area contributed by atoms with Crippen LogP contribution in [0.15, 0.2) is 0 Å². The summed E-state index contributed by atoms with van der Waals surface area (Å²) in [6.45, 7) is 9.29. The fourth-order valence-corrected chi connectivity index (χ4v) is 3.01. The Kier molecular flexibility index (Phi) is 4.91. The molecule has 0 spiro atoms. The lowest BCUT2D eigenvalue weighted by Gasteiger charge is -2.39. The second kappa shape index (κ2) is 6.34. The first-order valence-corrected chi connectivity index (χ1v) is 7.60. The Labute approximate surface area is 130 Å². The van der Waals surface area contributed by atoms with Crippen molar-refractivity contribution < 1.29 is 9.90 Å². The van der Waals surface area contributed by atoms with Gasteiger partial charge in [0.05, 0.1) is 0 Å². The quantitative estimate of drug-likeness (QED) is 0.913. The minimum Gasteiger partial charge on any atom is -0.480 e. The summed E-state index contributed by atoms with van der Waals surface area (Å²) < 4.78 is 1.72. The molecule has 1 atom stereocenters. The molecule has 0 amide bonds. The van der Waals surface area contributed by atoms with Crippen LogP contribution in [-0.2, 0) is 11.8 Å². The summed E-state index contributed by atoms with van der Waals surface area (Å²) in [5.41, 5.74) is 0.446. The molecule has 1 saturated heterocycles. The van der Waals surface area contributed by atoms with E-state index < -0.39 is 12.0 Å². The lowest BCUT2D eigenvalue weighted by atomic mass is 10.1. The summed E-state index contributed by atoms with van der Waals surface area (Å²) in [6.07, 6.45) is 0. The number of imidazole rings is 1. The number of carbonyl (C=O) groups is 1. The fourth-order valence-electron chi connectivity index (χ4n) is 2.74. The summed E-state index contributed by atoms with van der Waals surface area (Å²) in [5, 5.41) is 10.0. The highest BCUT2D eigenvalue weighted by molar-refractivity contribution is 6.30. The van der Waals surface area contributed by atoms with E-state index in [1.807, 2.05) is 11.8 Å². The maximum absolute atomic E-state index is 11.7. The molecule has 0 radical (unpaired) electrons. The van der Waals surface area contributed by atoms with Gasteiger partial charge in [-0.2, -0.15) is 0 Å². The number of carboxylic acids is 1. The van der Waals surface area contributed by atoms with Crippen LogP contribution in [0.3, 0.4) is 0 Å². The van der Waals surface area contributed by atoms with E-state index in [0.29, 0.717) is 30.0 Å². The zero-order valence-corrected chi connectivity index (χ0v) is 13.8. The van der Waals surface area contributed by atoms with Crippen molar-refractivity contribution in [3.8, 4) is 0 Å². The maximum atomic E-state index is 11.7. The van der Waals surface area contributed by atoms with Crippen LogP contribution in [0.5, 0.6) is 0 Å². The van der Waals surface area contributed by atoms with Gasteiger partial charge in [0.15, 0.2) is 6.04 Å². The van der Waals surface area contributed by atoms with Gasteiger partial charge in [0.1, 0.15) is 16.7 Å². The molecule has 2 heterocycles. The number of nitrogens with zero attached hydrogens (tertiary/aromatic N) is 4. The van der Waals surface area contributed by atoms with Crippen LogP contribution in [0.25, 0.3) is 0 Å². The predicted octanol–water partition coefficient (Wildman–Crippen LogP) is 1.53. The molecule has 0 aliphatic carbocycles. The molecular weight excluding hydrogens is 292 g/mol. The van der Waals surface area contributed by atoms with Crippen molar-refractivity contribution in [2.45, 2.75) is 32.9 Å². The van der Waals surface area contributed by atoms with Gasteiger partial charge < -0.3 is 9.67 Å². The van der Waals surface area contributed by atoms with Crippen molar-refractivity contribution in [1.82, 2.24) is 19.4 Å². The second-order valence-corrected chi connectivity index (χ2v) is 6.16. The van der Waals surface area contributed by atoms with Crippen molar-refractivity contribution in [1.29, 1.82) is 0 Å². The van der Waals surface area contributed by atoms with E-state index >= 15 is 0 Å². The normalized spacial score (nSPS) is 19.1. The number of hydrogen-bond donors (Lipinski definition) is 1. The van der Waals surface area contributed by atoms with E-state index in [1.165, 1.54) is 0 Å². The van der Waals surface area contributed by atoms with E-state index in [-0.39, 0.29) is 0 Å². The molecule has 6 nitrogen and oxygen atoms in total. The highest BCUT2D eigenvalue weighted by Crippen LogP contribution is 2.28. The zero-order chi connectivity index (χ0) is 15.7. The number of hydrogen-bond acceptors (Lipinski definition) is 4. The molecule has 1 fully saturated rings. The van der Waals surface area contributed by atoms with Crippen LogP contribution in [0.4, 0.5) is 0 Å². The Bertz CT molecular complexity index is 521. The SMILES string of the molecule is Cc1nc(C(C(=O)O)N2CCN(C(C)C)CC2)c(Cl)n1C. The summed E-state index contributed by atoms with van der Waals surface area (Å²) in [4.78, 5) is 20.4. The minimum absolute atomic E-state index is 0.409. The van der Waals surface area contributed by atoms with Gasteiger partial charge in [0, 0.05) is 39.3 Å². The van der Waals surface area contributed by atoms with Crippen LogP contribution in [0.1, 0.15) is 31.4 Å². The Balaban J connectivity index is 2.21. The first kappa shape index (κ1) is 16.3. The van der Waals surface area contributed by atoms with Gasteiger partial charge in [-0.1, -0.05) is 11.6 Å². The first-order valence-electron chi connectivity index (χ1n) is 7.22. The molecule has 118 valence electrons. The highest BCUT2D eigenvalue weighted by atomic mass is 35.5. The van der Waals surface area contributed by atoms with Crippen LogP contribution < -0.4 is 0 Å². The average molecular weight is 315 g/mol. The van der Waals surface area contributed by atoms with Crippen LogP contribution in [-0.4, -0.2) is 62.6 Å². The van der Waals surface area contributed by atoms with Crippen molar-refractivity contribution in [2.75, 3.05) is 26.2 Å². The van der Waals surface area contributed by atoms with Crippen LogP contribution in [0.2, 0.25) is 5.15 Å². The lowest BCUT2D eigenvalue weighted by molar-refractivity contribution is -0.144. The largest absolute Gasteiger partial charge is 0.480 e. The molecule has 0 saturated carbocycles. The summed E-state index contributed by atoms with van der Waals surface area (Å²) in [6, 6.07) is -0.289. The molecular formula is C14H23ClN4O2. The topological polar surface area (TPSA) is 61.6 Å². The number of aliphatic carboxylic acids is 1. The number of carboxylic acid groups (broad SMARTS) is 1. The van der Waals surface area contributed by atoms with E-state index in [4.69, 9.17) is 11.6 Å². The predicted molar refractivity (Wildman–Crippen MR) is 81.6 cm³/mol. The molecule has 2 rings (SSSR count). The highest BCUT2D eigenvalue weighted by Gasteiger charge is 2.34. The molecule has 21 heavy (non-hydrogen) atoms. The van der Waals surface area contributed by atoms with E-state index in [1.54, 1.807) is 11.6 Å². The summed E-state index contributed by atoms with van der Waals surface area (Å²) in [7, 11) is 1.80. The Morgan fingerprint density at radius 2 is 1.76 bits per heavy atom. The third-order valence-corrected chi connectivity index (χ3v) is 4.66. The summed E-state index contributed by atoms with van der Waals surface area (Å²) >= 11 is 6.25. The zero-order valence-electron chi connectivity index (χ0n) is 13.0. The lowest BCUT2D eigenvalue weighted by Crippen LogP contribution is -2.51. The van der Waals surface area contributed by atoms with Crippen LogP contribution >= 0.6 is 11.6 Å². The molecule has 1 aliphatic heterocycles. The van der Waals surface area contributed by atoms with Crippen molar-refractivity contribution in [2.24, 2.45) is 7.05 Å². The van der Waals surface area contributed by atoms with Crippen LogP contribution in [0, 0.1) is 6.92 Å². The van der Waals surface area contributed by atoms with Crippen molar-refractivity contribution >= 4 is 17.6 Å². The molecule has 1 aromatic heterocycles. The fraction of sp³-hybridized carbons (Fsp3) is 0.714. The molecule has 7 heteroatoms. The van der Waals surface area contributed by atoms with Gasteiger partial charge in [0.2, 0.25) is 0 Å². The molecule has 1 aliphatic rings. The number of rotatable bonds is 4. The Hall–Kier alpha value is -1.11. The number of aryl methyl sites for hydroxylation is 1. The van der Waals surface area contributed by atoms with Crippen molar-refractivity contribution in [3.63, 3.8) is 0 Å². The standard InChI is InChI=1S/C14H23ClN4O2/c1-9(2)18-5-7-19(8-6-18)12(14(20)21)11-13(15)17(4)10(3)16-11/h9,12H,5-8H2,1-4H3,(H,20,21). The van der Waals surface area contributed by atoms with Gasteiger partial charge in [-0.3, -0.25) is 14.6 Å². The smallest absolute Gasteiger partial charge is 0.327 e. The number of halogens is 1. The monoisotopic (exact) mass is 314 g/mol. The Morgan fingerprint density at radius 1 is 1.24 bits per heavy atom. The van der Waals surface area contributed by atoms with Gasteiger partial charge in [0.25, 0.3) is 0 Å². The number of aromatic nitrogens is 2. The minimum atomic E-state index is -0.895. The van der Waals surface area contributed by atoms with E-state index in [0.717, 1.165) is 18.9 Å². The van der Waals surface area contributed by atoms with Gasteiger partial charge in [-0.25, -0.2) is 4.98 Å². The molecule has 1 N–H and O–H groups in total.